The van der Waals surface area contributed by atoms with Crippen molar-refractivity contribution in [3.8, 4) is 0 Å². The summed E-state index contributed by atoms with van der Waals surface area (Å²) in [4.78, 5) is 21.3. The average molecular weight is 273 g/mol. The van der Waals surface area contributed by atoms with E-state index < -0.39 is 0 Å². The predicted molar refractivity (Wildman–Crippen MR) is 78.5 cm³/mol. The van der Waals surface area contributed by atoms with Gasteiger partial charge in [-0.1, -0.05) is 13.8 Å². The number of hydrogen-bond acceptors (Lipinski definition) is 3. The summed E-state index contributed by atoms with van der Waals surface area (Å²) in [6.07, 6.45) is 5.62. The third kappa shape index (κ3) is 2.44. The lowest BCUT2D eigenvalue weighted by Gasteiger charge is -2.26. The summed E-state index contributed by atoms with van der Waals surface area (Å²) < 4.78 is 0. The van der Waals surface area contributed by atoms with E-state index in [1.54, 1.807) is 12.4 Å². The van der Waals surface area contributed by atoms with E-state index in [1.165, 1.54) is 0 Å². The summed E-state index contributed by atoms with van der Waals surface area (Å²) in [5, 5.41) is 0. The van der Waals surface area contributed by atoms with E-state index in [2.05, 4.69) is 28.6 Å². The van der Waals surface area contributed by atoms with Crippen LogP contribution in [0.2, 0.25) is 0 Å². The molecule has 1 aromatic heterocycles. The molecule has 1 aromatic rings. The third-order valence-electron chi connectivity index (χ3n) is 4.46. The number of carbonyl (C=O) groups is 1. The summed E-state index contributed by atoms with van der Waals surface area (Å²) in [5.41, 5.74) is 0.718. The molecule has 3 heterocycles. The van der Waals surface area contributed by atoms with Gasteiger partial charge < -0.3 is 4.90 Å². The number of fused-ring (bicyclic) bond motifs is 1. The van der Waals surface area contributed by atoms with Crippen LogP contribution in [0.4, 0.5) is 0 Å². The number of likely N-dealkylation sites (tertiary alicyclic amines) is 2. The predicted octanol–water partition coefficient (Wildman–Crippen LogP) is 2.03. The molecule has 2 fully saturated rings. The van der Waals surface area contributed by atoms with Crippen molar-refractivity contribution < 1.29 is 4.79 Å². The van der Waals surface area contributed by atoms with Crippen LogP contribution in [0.5, 0.6) is 0 Å². The van der Waals surface area contributed by atoms with E-state index in [9.17, 15) is 4.79 Å². The summed E-state index contributed by atoms with van der Waals surface area (Å²) >= 11 is 0. The summed E-state index contributed by atoms with van der Waals surface area (Å²) in [6.45, 7) is 7.69. The summed E-state index contributed by atoms with van der Waals surface area (Å²) in [7, 11) is 0. The molecule has 0 radical (unpaired) electrons. The van der Waals surface area contributed by atoms with Gasteiger partial charge >= 0.3 is 0 Å². The Labute approximate surface area is 120 Å². The van der Waals surface area contributed by atoms with E-state index in [0.29, 0.717) is 18.0 Å². The normalized spacial score (nSPS) is 26.2. The largest absolute Gasteiger partial charge is 0.334 e. The third-order valence-corrected chi connectivity index (χ3v) is 4.46. The van der Waals surface area contributed by atoms with Gasteiger partial charge in [0.15, 0.2) is 0 Å². The van der Waals surface area contributed by atoms with Gasteiger partial charge in [-0.25, -0.2) is 0 Å². The van der Waals surface area contributed by atoms with E-state index in [4.69, 9.17) is 0 Å². The van der Waals surface area contributed by atoms with Gasteiger partial charge in [-0.2, -0.15) is 0 Å². The Morgan fingerprint density at radius 1 is 1.35 bits per heavy atom. The highest BCUT2D eigenvalue weighted by atomic mass is 16.2. The number of hydrogen-bond donors (Lipinski definition) is 0. The second-order valence-electron chi connectivity index (χ2n) is 6.34. The first-order valence-electron chi connectivity index (χ1n) is 7.62. The van der Waals surface area contributed by atoms with Crippen LogP contribution in [0, 0.1) is 5.92 Å². The Bertz CT molecular complexity index is 474. The quantitative estimate of drug-likeness (QED) is 0.845. The van der Waals surface area contributed by atoms with Gasteiger partial charge in [0.05, 0.1) is 5.56 Å². The van der Waals surface area contributed by atoms with Crippen molar-refractivity contribution in [1.29, 1.82) is 0 Å². The van der Waals surface area contributed by atoms with Crippen LogP contribution >= 0.6 is 0 Å². The fraction of sp³-hybridized carbons (Fsp3) is 0.625. The highest BCUT2D eigenvalue weighted by molar-refractivity contribution is 5.94. The lowest BCUT2D eigenvalue weighted by Crippen LogP contribution is -2.40. The van der Waals surface area contributed by atoms with Crippen LogP contribution in [0.3, 0.4) is 0 Å². The maximum atomic E-state index is 12.6. The first-order chi connectivity index (χ1) is 9.66. The monoisotopic (exact) mass is 273 g/mol. The topological polar surface area (TPSA) is 36.4 Å². The number of aromatic nitrogens is 1. The van der Waals surface area contributed by atoms with Gasteiger partial charge in [-0.05, 0) is 30.9 Å². The number of rotatable bonds is 3. The van der Waals surface area contributed by atoms with Gasteiger partial charge in [-0.3, -0.25) is 14.7 Å². The molecule has 0 unspecified atom stereocenters. The molecule has 2 saturated heterocycles. The molecule has 1 amide bonds. The second-order valence-corrected chi connectivity index (χ2v) is 6.34. The van der Waals surface area contributed by atoms with Crippen molar-refractivity contribution in [2.75, 3.05) is 19.6 Å². The molecule has 3 rings (SSSR count). The van der Waals surface area contributed by atoms with Crippen molar-refractivity contribution in [2.45, 2.75) is 38.8 Å². The smallest absolute Gasteiger partial charge is 0.255 e. The molecule has 0 N–H and O–H groups in total. The van der Waals surface area contributed by atoms with Gasteiger partial charge in [0, 0.05) is 44.1 Å². The zero-order valence-electron chi connectivity index (χ0n) is 12.3. The van der Waals surface area contributed by atoms with E-state index >= 15 is 0 Å². The first kappa shape index (κ1) is 13.6. The van der Waals surface area contributed by atoms with Crippen LogP contribution in [-0.2, 0) is 0 Å². The number of nitrogens with zero attached hydrogens (tertiary/aromatic N) is 3. The fourth-order valence-corrected chi connectivity index (χ4v) is 3.68. The van der Waals surface area contributed by atoms with Gasteiger partial charge in [-0.15, -0.1) is 0 Å². The van der Waals surface area contributed by atoms with Crippen molar-refractivity contribution >= 4 is 5.91 Å². The average Bonchev–Trinajstić information content (AvgIpc) is 3.02. The van der Waals surface area contributed by atoms with Crippen LogP contribution in [0.25, 0.3) is 0 Å². The Balaban J connectivity index is 1.71. The van der Waals surface area contributed by atoms with Crippen LogP contribution in [-0.4, -0.2) is 52.4 Å². The Hall–Kier alpha value is -1.42. The zero-order valence-corrected chi connectivity index (χ0v) is 12.3. The first-order valence-corrected chi connectivity index (χ1v) is 7.62. The molecule has 4 heteroatoms. The maximum absolute atomic E-state index is 12.6. The van der Waals surface area contributed by atoms with Crippen molar-refractivity contribution in [3.63, 3.8) is 0 Å². The highest BCUT2D eigenvalue weighted by Crippen LogP contribution is 2.32. The standard InChI is InChI=1S/C16H23N3O/c1-12(2)11-18-8-5-15-14(18)6-9-19(15)16(20)13-4-3-7-17-10-13/h3-4,7,10,12,14-15H,5-6,8-9,11H2,1-2H3/t14-,15+/m0/s1. The highest BCUT2D eigenvalue weighted by Gasteiger charge is 2.44. The molecule has 0 aromatic carbocycles. The molecule has 0 aliphatic carbocycles. The minimum absolute atomic E-state index is 0.150. The minimum atomic E-state index is 0.150. The van der Waals surface area contributed by atoms with E-state index in [1.807, 2.05) is 12.1 Å². The van der Waals surface area contributed by atoms with E-state index in [-0.39, 0.29) is 5.91 Å². The SMILES string of the molecule is CC(C)CN1CC[C@@H]2[C@@H]1CCN2C(=O)c1cccnc1. The van der Waals surface area contributed by atoms with E-state index in [0.717, 1.165) is 38.0 Å². The molecule has 2 aliphatic heterocycles. The molecule has 0 spiro atoms. The Kier molecular flexibility index (Phi) is 3.74. The second kappa shape index (κ2) is 5.52. The fourth-order valence-electron chi connectivity index (χ4n) is 3.68. The minimum Gasteiger partial charge on any atom is -0.334 e. The molecule has 2 aliphatic rings. The summed E-state index contributed by atoms with van der Waals surface area (Å²) in [6, 6.07) is 4.67. The molecule has 108 valence electrons. The van der Waals surface area contributed by atoms with Crippen molar-refractivity contribution in [2.24, 2.45) is 5.92 Å². The number of pyridine rings is 1. The molecule has 2 atom stereocenters. The molecule has 20 heavy (non-hydrogen) atoms. The molecule has 0 saturated carbocycles. The molecular weight excluding hydrogens is 250 g/mol. The van der Waals surface area contributed by atoms with Crippen molar-refractivity contribution in [1.82, 2.24) is 14.8 Å². The lowest BCUT2D eigenvalue weighted by atomic mass is 10.1. The van der Waals surface area contributed by atoms with Gasteiger partial charge in [0.1, 0.15) is 0 Å². The zero-order chi connectivity index (χ0) is 14.1. The number of amides is 1. The lowest BCUT2D eigenvalue weighted by molar-refractivity contribution is 0.0731. The van der Waals surface area contributed by atoms with Crippen LogP contribution in [0.15, 0.2) is 24.5 Å². The van der Waals surface area contributed by atoms with Gasteiger partial charge in [0.25, 0.3) is 5.91 Å². The number of carbonyl (C=O) groups excluding carboxylic acids is 1. The molecule has 0 bridgehead atoms. The Morgan fingerprint density at radius 2 is 2.15 bits per heavy atom. The maximum Gasteiger partial charge on any atom is 0.255 e. The van der Waals surface area contributed by atoms with Crippen molar-refractivity contribution in [3.05, 3.63) is 30.1 Å². The molecule has 4 nitrogen and oxygen atoms in total. The van der Waals surface area contributed by atoms with Crippen LogP contribution < -0.4 is 0 Å². The summed E-state index contributed by atoms with van der Waals surface area (Å²) in [5.74, 6) is 0.842. The van der Waals surface area contributed by atoms with Crippen LogP contribution in [0.1, 0.15) is 37.0 Å². The van der Waals surface area contributed by atoms with Gasteiger partial charge in [0.2, 0.25) is 0 Å². The Morgan fingerprint density at radius 3 is 2.85 bits per heavy atom. The molecular formula is C16H23N3O.